The number of esters is 2. The number of carbonyl (C=O) groups excluding carboxylic acids is 3. The van der Waals surface area contributed by atoms with Crippen LogP contribution in [0.1, 0.15) is 144 Å². The van der Waals surface area contributed by atoms with E-state index in [2.05, 4.69) is 41.5 Å². The van der Waals surface area contributed by atoms with Crippen LogP contribution in [0.5, 0.6) is 0 Å². The van der Waals surface area contributed by atoms with E-state index < -0.39 is 0 Å². The van der Waals surface area contributed by atoms with E-state index in [0.29, 0.717) is 64.0 Å². The van der Waals surface area contributed by atoms with Crippen molar-refractivity contribution in [1.82, 2.24) is 0 Å². The maximum atomic E-state index is 12.4. The Morgan fingerprint density at radius 3 is 1.17 bits per heavy atom. The van der Waals surface area contributed by atoms with E-state index in [-0.39, 0.29) is 35.0 Å². The lowest BCUT2D eigenvalue weighted by Crippen LogP contribution is -2.38. The topological polar surface area (TPSA) is 69.7 Å². The Morgan fingerprint density at radius 1 is 0.500 bits per heavy atom. The maximum absolute atomic E-state index is 12.4. The highest BCUT2D eigenvalue weighted by Crippen LogP contribution is 3.26. The molecule has 0 aromatic heterocycles. The highest BCUT2D eigenvalue weighted by Gasteiger charge is 3.25. The summed E-state index contributed by atoms with van der Waals surface area (Å²) in [5.74, 6) is 2.02. The fourth-order valence-corrected chi connectivity index (χ4v) is 15.3. The summed E-state index contributed by atoms with van der Waals surface area (Å²) < 4.78 is 11.9. The highest BCUT2D eigenvalue weighted by atomic mass is 16.6. The number of ketones is 1. The maximum Gasteiger partial charge on any atom is 0.306 e. The molecule has 0 N–H and O–H groups in total. The fourth-order valence-electron chi connectivity index (χ4n) is 15.3. The van der Waals surface area contributed by atoms with Crippen LogP contribution in [0.2, 0.25) is 0 Å². The van der Waals surface area contributed by atoms with Gasteiger partial charge in [0, 0.05) is 36.5 Å². The van der Waals surface area contributed by atoms with Crippen molar-refractivity contribution in [3.63, 3.8) is 0 Å². The molecule has 12 atom stereocenters. The van der Waals surface area contributed by atoms with E-state index in [4.69, 9.17) is 9.47 Å². The Hall–Kier alpha value is -1.39. The van der Waals surface area contributed by atoms with Crippen LogP contribution >= 0.6 is 0 Å². The van der Waals surface area contributed by atoms with Gasteiger partial charge in [-0.05, 0) is 82.9 Å². The summed E-state index contributed by atoms with van der Waals surface area (Å²) in [4.78, 5) is 37.1. The molecule has 8 saturated carbocycles. The molecule has 8 rings (SSSR count). The molecule has 0 aliphatic heterocycles. The second-order valence-electron chi connectivity index (χ2n) is 17.3. The van der Waals surface area contributed by atoms with Gasteiger partial charge in [-0.2, -0.15) is 0 Å². The first kappa shape index (κ1) is 28.1. The minimum Gasteiger partial charge on any atom is -0.462 e. The molecule has 8 aliphatic carbocycles. The average Bonchev–Trinajstić information content (AvgIpc) is 3.91. The molecule has 0 bridgehead atoms. The second kappa shape index (κ2) is 8.06. The van der Waals surface area contributed by atoms with Gasteiger partial charge in [-0.3, -0.25) is 14.4 Å². The molecule has 232 valence electrons. The predicted octanol–water partition coefficient (Wildman–Crippen LogP) is 7.97. The zero-order chi connectivity index (χ0) is 29.8. The minimum absolute atomic E-state index is 0.00103. The third-order valence-corrected chi connectivity index (χ3v) is 17.4. The average molecular weight is 579 g/mol. The van der Waals surface area contributed by atoms with Gasteiger partial charge >= 0.3 is 11.9 Å². The van der Waals surface area contributed by atoms with E-state index >= 15 is 0 Å². The largest absolute Gasteiger partial charge is 0.462 e. The van der Waals surface area contributed by atoms with Crippen LogP contribution in [0.3, 0.4) is 0 Å². The summed E-state index contributed by atoms with van der Waals surface area (Å²) in [7, 11) is 0. The van der Waals surface area contributed by atoms with E-state index in [1.807, 2.05) is 0 Å². The van der Waals surface area contributed by atoms with E-state index in [1.165, 1.54) is 0 Å². The molecule has 8 fully saturated rings. The van der Waals surface area contributed by atoms with Crippen LogP contribution < -0.4 is 0 Å². The van der Waals surface area contributed by atoms with Crippen molar-refractivity contribution >= 4 is 17.7 Å². The summed E-state index contributed by atoms with van der Waals surface area (Å²) in [6.07, 6.45) is 15.1. The number of fused-ring (bicyclic) bond motifs is 6. The van der Waals surface area contributed by atoms with Gasteiger partial charge in [0.05, 0.1) is 0 Å². The minimum atomic E-state index is 0.00103. The normalized spacial score (nSPS) is 54.2. The molecule has 2 spiro atoms. The van der Waals surface area contributed by atoms with Gasteiger partial charge in [-0.25, -0.2) is 0 Å². The summed E-state index contributed by atoms with van der Waals surface area (Å²) in [6, 6.07) is 0. The van der Waals surface area contributed by atoms with Crippen LogP contribution in [0.15, 0.2) is 0 Å². The lowest BCUT2D eigenvalue weighted by atomic mass is 9.72. The highest BCUT2D eigenvalue weighted by molar-refractivity contribution is 5.78. The number of ether oxygens (including phenoxy) is 2. The molecular formula is C37H54O5. The first-order valence-corrected chi connectivity index (χ1v) is 17.8. The Kier molecular flexibility index (Phi) is 5.39. The summed E-state index contributed by atoms with van der Waals surface area (Å²) in [5.41, 5.74) is 3.71. The van der Waals surface area contributed by atoms with Crippen molar-refractivity contribution in [2.75, 3.05) is 0 Å². The zero-order valence-electron chi connectivity index (χ0n) is 27.2. The van der Waals surface area contributed by atoms with Crippen LogP contribution in [-0.4, -0.2) is 29.9 Å². The van der Waals surface area contributed by atoms with Crippen LogP contribution in [0.25, 0.3) is 0 Å². The van der Waals surface area contributed by atoms with E-state index in [1.54, 1.807) is 0 Å². The number of unbranched alkanes of at least 4 members (excludes halogenated alkanes) is 8. The number of rotatable bonds is 18. The summed E-state index contributed by atoms with van der Waals surface area (Å²) in [6.45, 7) is 14.4. The summed E-state index contributed by atoms with van der Waals surface area (Å²) >= 11 is 0. The lowest BCUT2D eigenvalue weighted by Gasteiger charge is -2.37. The van der Waals surface area contributed by atoms with Crippen molar-refractivity contribution in [1.29, 1.82) is 0 Å². The van der Waals surface area contributed by atoms with Crippen molar-refractivity contribution < 1.29 is 23.9 Å². The molecule has 5 heteroatoms. The van der Waals surface area contributed by atoms with Gasteiger partial charge in [0.25, 0.3) is 0 Å². The molecular weight excluding hydrogens is 524 g/mol. The van der Waals surface area contributed by atoms with Gasteiger partial charge in [0.1, 0.15) is 18.0 Å². The third kappa shape index (κ3) is 2.47. The van der Waals surface area contributed by atoms with Crippen molar-refractivity contribution in [2.24, 2.45) is 55.2 Å². The number of hydrogen-bond donors (Lipinski definition) is 0. The first-order valence-electron chi connectivity index (χ1n) is 17.8. The molecule has 0 heterocycles. The van der Waals surface area contributed by atoms with Gasteiger partial charge in [-0.1, -0.05) is 80.1 Å². The second-order valence-corrected chi connectivity index (χ2v) is 17.3. The molecule has 6 unspecified atom stereocenters. The van der Waals surface area contributed by atoms with Crippen molar-refractivity contribution in [3.8, 4) is 0 Å². The van der Waals surface area contributed by atoms with Crippen LogP contribution in [-0.2, 0) is 23.9 Å². The Balaban J connectivity index is 0.598. The Labute approximate surface area is 253 Å². The molecule has 0 aromatic rings. The molecule has 0 amide bonds. The van der Waals surface area contributed by atoms with Crippen molar-refractivity contribution in [2.45, 2.75) is 156 Å². The SMILES string of the molecule is CC12[C@H]3C[C@@H](OC(=O)CCCCCCCC(=O)CCCCCCCC(=O)O[C@@H]4C[C@@H]5C6(C)C7(C)C56[C@@]47C)[C@@]4(C)C1(C)C324. The third-order valence-electron chi connectivity index (χ3n) is 17.4. The van der Waals surface area contributed by atoms with E-state index in [9.17, 15) is 14.4 Å². The summed E-state index contributed by atoms with van der Waals surface area (Å²) in [5, 5.41) is 0. The van der Waals surface area contributed by atoms with Crippen molar-refractivity contribution in [3.05, 3.63) is 0 Å². The fraction of sp³-hybridized carbons (Fsp3) is 0.919. The van der Waals surface area contributed by atoms with Crippen LogP contribution in [0.4, 0.5) is 0 Å². The number of hydrogen-bond acceptors (Lipinski definition) is 5. The van der Waals surface area contributed by atoms with E-state index in [0.717, 1.165) is 88.9 Å². The monoisotopic (exact) mass is 578 g/mol. The first-order chi connectivity index (χ1) is 19.9. The number of Topliss-reactive ketones (excluding diaryl/α,β-unsaturated/α-hetero) is 1. The molecule has 0 saturated heterocycles. The lowest BCUT2D eigenvalue weighted by molar-refractivity contribution is -0.158. The van der Waals surface area contributed by atoms with Crippen LogP contribution in [0, 0.1) is 55.2 Å². The molecule has 8 aliphatic rings. The Bertz CT molecular complexity index is 1180. The molecule has 5 nitrogen and oxygen atoms in total. The quantitative estimate of drug-likeness (QED) is 0.122. The van der Waals surface area contributed by atoms with Gasteiger partial charge in [-0.15, -0.1) is 0 Å². The van der Waals surface area contributed by atoms with Gasteiger partial charge < -0.3 is 9.47 Å². The predicted molar refractivity (Wildman–Crippen MR) is 159 cm³/mol. The Morgan fingerprint density at radius 2 is 0.833 bits per heavy atom. The van der Waals surface area contributed by atoms with Gasteiger partial charge in [0.2, 0.25) is 0 Å². The smallest absolute Gasteiger partial charge is 0.306 e. The zero-order valence-corrected chi connectivity index (χ0v) is 27.2. The number of carbonyl (C=O) groups is 3. The standard InChI is InChI=1S/C37H54O5/c1-30-24-21-26(32(3)34(30,5)36(24,30)32)41-28(39)19-15-11-7-9-13-17-23(38)18-14-10-8-12-16-20-29(40)42-27-22-25-31(2)35(6)33(27,4)37(25,31)35/h24-27H,7-22H2,1-6H3/t24-,25-,26-,27-,30?,31?,32+,33+,34?,35?,36?,37?/m1/s1. The molecule has 0 aromatic carbocycles. The molecule has 42 heavy (non-hydrogen) atoms. The molecule has 0 radical (unpaired) electrons. The van der Waals surface area contributed by atoms with Gasteiger partial charge in [0.15, 0.2) is 0 Å².